The molecule has 0 atom stereocenters. The molecule has 1 heterocycles. The first-order valence-corrected chi connectivity index (χ1v) is 5.58. The number of methoxy groups -OCH3 is 1. The number of nitriles is 1. The lowest BCUT2D eigenvalue weighted by Crippen LogP contribution is -1.84. The molecule has 0 spiro atoms. The number of ether oxygens (including phenoxy) is 1. The predicted molar refractivity (Wildman–Crippen MR) is 60.8 cm³/mol. The number of halogens is 1. The van der Waals surface area contributed by atoms with Crippen LogP contribution in [0.2, 0.25) is 0 Å². The predicted octanol–water partition coefficient (Wildman–Crippen LogP) is 3.54. The highest BCUT2D eigenvalue weighted by atomic mass is 79.9. The summed E-state index contributed by atoms with van der Waals surface area (Å²) >= 11 is 5.04. The number of nitrogens with zero attached hydrogens (tertiary/aromatic N) is 1. The topological polar surface area (TPSA) is 33.0 Å². The van der Waals surface area contributed by atoms with Crippen LogP contribution >= 0.6 is 27.3 Å². The Hall–Kier alpha value is -1.05. The zero-order chi connectivity index (χ0) is 10.1. The lowest BCUT2D eigenvalue weighted by Gasteiger charge is -2.01. The Bertz CT molecular complexity index is 527. The van der Waals surface area contributed by atoms with E-state index in [0.717, 1.165) is 20.3 Å². The summed E-state index contributed by atoms with van der Waals surface area (Å²) in [5, 5.41) is 11.9. The molecular weight excluding hydrogens is 262 g/mol. The maximum Gasteiger partial charge on any atom is 0.138 e. The molecule has 0 aliphatic heterocycles. The lowest BCUT2D eigenvalue weighted by atomic mass is 10.2. The van der Waals surface area contributed by atoms with E-state index in [1.165, 1.54) is 0 Å². The van der Waals surface area contributed by atoms with Gasteiger partial charge in [-0.15, -0.1) is 11.3 Å². The van der Waals surface area contributed by atoms with Crippen LogP contribution in [0.3, 0.4) is 0 Å². The molecule has 0 aliphatic rings. The second-order valence-corrected chi connectivity index (χ2v) is 4.48. The number of fused-ring (bicyclic) bond motifs is 1. The number of rotatable bonds is 1. The molecule has 0 unspecified atom stereocenters. The SMILES string of the molecule is COc1cc(C#N)cc2c(Br)csc12. The van der Waals surface area contributed by atoms with Gasteiger partial charge in [-0.3, -0.25) is 0 Å². The summed E-state index contributed by atoms with van der Waals surface area (Å²) < 4.78 is 7.30. The largest absolute Gasteiger partial charge is 0.495 e. The van der Waals surface area contributed by atoms with Gasteiger partial charge in [0.15, 0.2) is 0 Å². The first kappa shape index (κ1) is 9.50. The Morgan fingerprint density at radius 2 is 2.29 bits per heavy atom. The summed E-state index contributed by atoms with van der Waals surface area (Å²) in [5.74, 6) is 0.759. The zero-order valence-corrected chi connectivity index (χ0v) is 9.78. The molecule has 0 amide bonds. The van der Waals surface area contributed by atoms with Gasteiger partial charge in [-0.2, -0.15) is 5.26 Å². The molecule has 2 aromatic rings. The Morgan fingerprint density at radius 1 is 1.50 bits per heavy atom. The van der Waals surface area contributed by atoms with Crippen LogP contribution in [-0.4, -0.2) is 7.11 Å². The van der Waals surface area contributed by atoms with Crippen molar-refractivity contribution in [3.8, 4) is 11.8 Å². The molecule has 2 nitrogen and oxygen atoms in total. The van der Waals surface area contributed by atoms with Gasteiger partial charge in [-0.1, -0.05) is 0 Å². The van der Waals surface area contributed by atoms with E-state index < -0.39 is 0 Å². The van der Waals surface area contributed by atoms with Gasteiger partial charge in [0.1, 0.15) is 5.75 Å². The molecule has 0 bridgehead atoms. The molecular formula is C10H6BrNOS. The van der Waals surface area contributed by atoms with Crippen molar-refractivity contribution in [2.75, 3.05) is 7.11 Å². The molecule has 0 radical (unpaired) electrons. The van der Waals surface area contributed by atoms with Gasteiger partial charge >= 0.3 is 0 Å². The maximum absolute atomic E-state index is 8.83. The van der Waals surface area contributed by atoms with E-state index in [1.807, 2.05) is 11.4 Å². The molecule has 1 aromatic heterocycles. The number of benzene rings is 1. The van der Waals surface area contributed by atoms with Crippen LogP contribution in [0.15, 0.2) is 22.0 Å². The van der Waals surface area contributed by atoms with Crippen molar-refractivity contribution in [2.24, 2.45) is 0 Å². The molecule has 0 saturated carbocycles. The van der Waals surface area contributed by atoms with E-state index in [0.29, 0.717) is 5.56 Å². The minimum absolute atomic E-state index is 0.619. The number of hydrogen-bond donors (Lipinski definition) is 0. The summed E-state index contributed by atoms with van der Waals surface area (Å²) in [6.07, 6.45) is 0. The third-order valence-electron chi connectivity index (χ3n) is 1.94. The molecule has 4 heteroatoms. The molecule has 2 rings (SSSR count). The van der Waals surface area contributed by atoms with Crippen LogP contribution in [0.5, 0.6) is 5.75 Å². The van der Waals surface area contributed by atoms with E-state index >= 15 is 0 Å². The van der Waals surface area contributed by atoms with Crippen molar-refractivity contribution in [1.82, 2.24) is 0 Å². The van der Waals surface area contributed by atoms with E-state index in [2.05, 4.69) is 22.0 Å². The van der Waals surface area contributed by atoms with Crippen molar-refractivity contribution < 1.29 is 4.74 Å². The number of hydrogen-bond acceptors (Lipinski definition) is 3. The average molecular weight is 268 g/mol. The third kappa shape index (κ3) is 1.39. The van der Waals surface area contributed by atoms with Gasteiger partial charge in [0.05, 0.1) is 23.4 Å². The van der Waals surface area contributed by atoms with Gasteiger partial charge in [-0.05, 0) is 28.1 Å². The van der Waals surface area contributed by atoms with Crippen LogP contribution in [0.1, 0.15) is 5.56 Å². The lowest BCUT2D eigenvalue weighted by molar-refractivity contribution is 0.420. The zero-order valence-electron chi connectivity index (χ0n) is 7.37. The Balaban J connectivity index is 2.84. The highest BCUT2D eigenvalue weighted by Crippen LogP contribution is 2.37. The molecule has 0 N–H and O–H groups in total. The average Bonchev–Trinajstić information content (AvgIpc) is 2.59. The van der Waals surface area contributed by atoms with Crippen LogP contribution in [0, 0.1) is 11.3 Å². The highest BCUT2D eigenvalue weighted by Gasteiger charge is 2.08. The van der Waals surface area contributed by atoms with Crippen molar-refractivity contribution in [1.29, 1.82) is 5.26 Å². The van der Waals surface area contributed by atoms with Gasteiger partial charge in [0.2, 0.25) is 0 Å². The van der Waals surface area contributed by atoms with Crippen LogP contribution < -0.4 is 4.74 Å². The summed E-state index contributed by atoms with van der Waals surface area (Å²) in [6, 6.07) is 5.73. The van der Waals surface area contributed by atoms with E-state index in [-0.39, 0.29) is 0 Å². The standard InChI is InChI=1S/C10H6BrNOS/c1-13-9-3-6(4-12)2-7-8(11)5-14-10(7)9/h2-3,5H,1H3. The fourth-order valence-electron chi connectivity index (χ4n) is 1.29. The molecule has 0 aliphatic carbocycles. The third-order valence-corrected chi connectivity index (χ3v) is 3.91. The van der Waals surface area contributed by atoms with E-state index in [1.54, 1.807) is 24.5 Å². The first-order valence-electron chi connectivity index (χ1n) is 3.91. The van der Waals surface area contributed by atoms with Crippen LogP contribution in [0.25, 0.3) is 10.1 Å². The fraction of sp³-hybridized carbons (Fsp3) is 0.100. The van der Waals surface area contributed by atoms with Crippen molar-refractivity contribution in [2.45, 2.75) is 0 Å². The van der Waals surface area contributed by atoms with Gasteiger partial charge < -0.3 is 4.74 Å². The monoisotopic (exact) mass is 267 g/mol. The van der Waals surface area contributed by atoms with Gasteiger partial charge in [-0.25, -0.2) is 0 Å². The molecule has 1 aromatic carbocycles. The molecule has 14 heavy (non-hydrogen) atoms. The molecule has 0 fully saturated rings. The Morgan fingerprint density at radius 3 is 2.93 bits per heavy atom. The summed E-state index contributed by atoms with van der Waals surface area (Å²) in [4.78, 5) is 0. The van der Waals surface area contributed by atoms with E-state index in [9.17, 15) is 0 Å². The smallest absolute Gasteiger partial charge is 0.138 e. The van der Waals surface area contributed by atoms with Gasteiger partial charge in [0, 0.05) is 15.2 Å². The van der Waals surface area contributed by atoms with Crippen molar-refractivity contribution in [3.05, 3.63) is 27.5 Å². The minimum Gasteiger partial charge on any atom is -0.495 e. The second kappa shape index (κ2) is 3.60. The highest BCUT2D eigenvalue weighted by molar-refractivity contribution is 9.10. The van der Waals surface area contributed by atoms with Crippen LogP contribution in [-0.2, 0) is 0 Å². The Kier molecular flexibility index (Phi) is 2.44. The van der Waals surface area contributed by atoms with E-state index in [4.69, 9.17) is 10.00 Å². The summed E-state index contributed by atoms with van der Waals surface area (Å²) in [5.41, 5.74) is 0.619. The quantitative estimate of drug-likeness (QED) is 0.792. The molecule has 0 saturated heterocycles. The fourth-order valence-corrected chi connectivity index (χ4v) is 2.92. The maximum atomic E-state index is 8.83. The normalized spacial score (nSPS) is 10.1. The summed E-state index contributed by atoms with van der Waals surface area (Å²) in [6.45, 7) is 0. The van der Waals surface area contributed by atoms with Crippen molar-refractivity contribution >= 4 is 37.4 Å². The summed E-state index contributed by atoms with van der Waals surface area (Å²) in [7, 11) is 1.61. The van der Waals surface area contributed by atoms with Crippen molar-refractivity contribution in [3.63, 3.8) is 0 Å². The molecule has 70 valence electrons. The first-order chi connectivity index (χ1) is 6.76. The second-order valence-electron chi connectivity index (χ2n) is 2.75. The van der Waals surface area contributed by atoms with Gasteiger partial charge in [0.25, 0.3) is 0 Å². The number of thiophene rings is 1. The van der Waals surface area contributed by atoms with Crippen LogP contribution in [0.4, 0.5) is 0 Å². The minimum atomic E-state index is 0.619. The Labute approximate surface area is 93.9 Å².